The van der Waals surface area contributed by atoms with Crippen LogP contribution in [0.1, 0.15) is 26.3 Å². The number of aromatic nitrogens is 2. The maximum Gasteiger partial charge on any atom is 0.218 e. The van der Waals surface area contributed by atoms with Gasteiger partial charge in [0.1, 0.15) is 12.1 Å². The zero-order valence-electron chi connectivity index (χ0n) is 12.8. The topological polar surface area (TPSA) is 64.3 Å². The molecule has 0 fully saturated rings. The van der Waals surface area contributed by atoms with E-state index in [2.05, 4.69) is 34.8 Å². The van der Waals surface area contributed by atoms with Crippen molar-refractivity contribution in [2.45, 2.75) is 33.4 Å². The van der Waals surface area contributed by atoms with Gasteiger partial charge in [0.2, 0.25) is 5.88 Å². The fourth-order valence-electron chi connectivity index (χ4n) is 2.13. The maximum absolute atomic E-state index is 5.85. The molecule has 0 unspecified atom stereocenters. The van der Waals surface area contributed by atoms with Gasteiger partial charge >= 0.3 is 0 Å². The van der Waals surface area contributed by atoms with Crippen molar-refractivity contribution in [1.29, 1.82) is 0 Å². The summed E-state index contributed by atoms with van der Waals surface area (Å²) in [5.74, 6) is 1.45. The molecular formula is C16H22N4O. The second kappa shape index (κ2) is 6.92. The highest BCUT2D eigenvalue weighted by Gasteiger charge is 2.14. The minimum atomic E-state index is 0.302. The Balaban J connectivity index is 2.24. The van der Waals surface area contributed by atoms with Crippen LogP contribution in [0, 0.1) is 0 Å². The molecule has 0 amide bonds. The van der Waals surface area contributed by atoms with Crippen molar-refractivity contribution < 1.29 is 4.74 Å². The van der Waals surface area contributed by atoms with Crippen molar-refractivity contribution >= 4 is 11.5 Å². The lowest BCUT2D eigenvalue weighted by Crippen LogP contribution is -2.31. The predicted molar refractivity (Wildman–Crippen MR) is 85.4 cm³/mol. The molecule has 0 bridgehead atoms. The Morgan fingerprint density at radius 2 is 2.05 bits per heavy atom. The number of hydrogen-bond donors (Lipinski definition) is 1. The van der Waals surface area contributed by atoms with E-state index in [-0.39, 0.29) is 0 Å². The van der Waals surface area contributed by atoms with Crippen LogP contribution in [0.3, 0.4) is 0 Å². The van der Waals surface area contributed by atoms with Crippen LogP contribution >= 0.6 is 0 Å². The van der Waals surface area contributed by atoms with Crippen LogP contribution in [-0.4, -0.2) is 22.6 Å². The van der Waals surface area contributed by atoms with Crippen molar-refractivity contribution in [3.8, 4) is 5.88 Å². The largest absolute Gasteiger partial charge is 0.478 e. The minimum Gasteiger partial charge on any atom is -0.478 e. The van der Waals surface area contributed by atoms with Crippen LogP contribution in [0.5, 0.6) is 5.88 Å². The average Bonchev–Trinajstić information content (AvgIpc) is 2.45. The Morgan fingerprint density at radius 3 is 2.71 bits per heavy atom. The van der Waals surface area contributed by atoms with Gasteiger partial charge in [-0.15, -0.1) is 0 Å². The molecule has 21 heavy (non-hydrogen) atoms. The molecule has 5 nitrogen and oxygen atoms in total. The van der Waals surface area contributed by atoms with Crippen LogP contribution in [0.15, 0.2) is 36.7 Å². The SMILES string of the molecule is CCOc1cc(N(Cc2cccc(N)c2)C(C)C)ncn1. The van der Waals surface area contributed by atoms with Crippen LogP contribution in [0.25, 0.3) is 0 Å². The van der Waals surface area contributed by atoms with Gasteiger partial charge in [0.25, 0.3) is 0 Å². The summed E-state index contributed by atoms with van der Waals surface area (Å²) in [5, 5.41) is 0. The fourth-order valence-corrected chi connectivity index (χ4v) is 2.13. The Hall–Kier alpha value is -2.30. The molecule has 0 aliphatic rings. The molecular weight excluding hydrogens is 264 g/mol. The first-order valence-electron chi connectivity index (χ1n) is 7.16. The first-order valence-corrected chi connectivity index (χ1v) is 7.16. The number of benzene rings is 1. The molecule has 1 heterocycles. The van der Waals surface area contributed by atoms with Crippen molar-refractivity contribution in [2.75, 3.05) is 17.2 Å². The summed E-state index contributed by atoms with van der Waals surface area (Å²) in [6, 6.07) is 10.1. The van der Waals surface area contributed by atoms with Gasteiger partial charge in [-0.3, -0.25) is 0 Å². The lowest BCUT2D eigenvalue weighted by atomic mass is 10.1. The highest BCUT2D eigenvalue weighted by molar-refractivity contribution is 5.45. The summed E-state index contributed by atoms with van der Waals surface area (Å²) in [7, 11) is 0. The summed E-state index contributed by atoms with van der Waals surface area (Å²) < 4.78 is 5.45. The van der Waals surface area contributed by atoms with Gasteiger partial charge in [-0.1, -0.05) is 12.1 Å². The molecule has 5 heteroatoms. The average molecular weight is 286 g/mol. The monoisotopic (exact) mass is 286 g/mol. The first kappa shape index (κ1) is 15.1. The molecule has 1 aromatic heterocycles. The molecule has 0 aliphatic carbocycles. The fraction of sp³-hybridized carbons (Fsp3) is 0.375. The third-order valence-electron chi connectivity index (χ3n) is 3.14. The zero-order chi connectivity index (χ0) is 15.2. The van der Waals surface area contributed by atoms with E-state index in [4.69, 9.17) is 10.5 Å². The molecule has 0 atom stereocenters. The van der Waals surface area contributed by atoms with Crippen molar-refractivity contribution in [2.24, 2.45) is 0 Å². The summed E-state index contributed by atoms with van der Waals surface area (Å²) in [4.78, 5) is 10.7. The van der Waals surface area contributed by atoms with Crippen LogP contribution in [-0.2, 0) is 6.54 Å². The highest BCUT2D eigenvalue weighted by Crippen LogP contribution is 2.21. The van der Waals surface area contributed by atoms with Gasteiger partial charge in [-0.25, -0.2) is 9.97 Å². The normalized spacial score (nSPS) is 10.7. The van der Waals surface area contributed by atoms with Gasteiger partial charge in [-0.05, 0) is 38.5 Å². The Bertz CT molecular complexity index is 586. The van der Waals surface area contributed by atoms with Gasteiger partial charge in [0.15, 0.2) is 0 Å². The number of anilines is 2. The predicted octanol–water partition coefficient (Wildman–Crippen LogP) is 2.87. The number of nitrogen functional groups attached to an aromatic ring is 1. The third kappa shape index (κ3) is 4.08. The van der Waals surface area contributed by atoms with Crippen LogP contribution < -0.4 is 15.4 Å². The second-order valence-electron chi connectivity index (χ2n) is 5.11. The van der Waals surface area contributed by atoms with Crippen LogP contribution in [0.4, 0.5) is 11.5 Å². The first-order chi connectivity index (χ1) is 10.1. The highest BCUT2D eigenvalue weighted by atomic mass is 16.5. The van der Waals surface area contributed by atoms with E-state index in [9.17, 15) is 0 Å². The molecule has 0 spiro atoms. The standard InChI is InChI=1S/C16H22N4O/c1-4-21-16-9-15(18-11-19-16)20(12(2)3)10-13-6-5-7-14(17)8-13/h5-9,11-12H,4,10,17H2,1-3H3. The van der Waals surface area contributed by atoms with Gasteiger partial charge in [0.05, 0.1) is 6.61 Å². The smallest absolute Gasteiger partial charge is 0.218 e. The molecule has 0 radical (unpaired) electrons. The van der Waals surface area contributed by atoms with E-state index in [0.717, 1.165) is 23.6 Å². The number of rotatable bonds is 6. The third-order valence-corrected chi connectivity index (χ3v) is 3.14. The van der Waals surface area contributed by atoms with E-state index < -0.39 is 0 Å². The Labute approximate surface area is 125 Å². The quantitative estimate of drug-likeness (QED) is 0.827. The number of nitrogens with zero attached hydrogens (tertiary/aromatic N) is 3. The number of hydrogen-bond acceptors (Lipinski definition) is 5. The number of ether oxygens (including phenoxy) is 1. The molecule has 2 aromatic rings. The molecule has 0 saturated heterocycles. The van der Waals surface area contributed by atoms with E-state index in [0.29, 0.717) is 18.5 Å². The zero-order valence-corrected chi connectivity index (χ0v) is 12.8. The van der Waals surface area contributed by atoms with Gasteiger partial charge in [-0.2, -0.15) is 0 Å². The van der Waals surface area contributed by atoms with E-state index in [1.54, 1.807) is 0 Å². The lowest BCUT2D eigenvalue weighted by Gasteiger charge is -2.28. The lowest BCUT2D eigenvalue weighted by molar-refractivity contribution is 0.326. The summed E-state index contributed by atoms with van der Waals surface area (Å²) in [5.41, 5.74) is 7.77. The molecule has 1 aromatic carbocycles. The van der Waals surface area contributed by atoms with Crippen molar-refractivity contribution in [3.63, 3.8) is 0 Å². The van der Waals surface area contributed by atoms with Crippen LogP contribution in [0.2, 0.25) is 0 Å². The minimum absolute atomic E-state index is 0.302. The summed E-state index contributed by atoms with van der Waals surface area (Å²) >= 11 is 0. The van der Waals surface area contributed by atoms with E-state index in [1.807, 2.05) is 31.2 Å². The van der Waals surface area contributed by atoms with E-state index >= 15 is 0 Å². The van der Waals surface area contributed by atoms with Gasteiger partial charge in [0, 0.05) is 24.3 Å². The summed E-state index contributed by atoms with van der Waals surface area (Å²) in [6.07, 6.45) is 1.54. The second-order valence-corrected chi connectivity index (χ2v) is 5.11. The van der Waals surface area contributed by atoms with Gasteiger partial charge < -0.3 is 15.4 Å². The molecule has 112 valence electrons. The Kier molecular flexibility index (Phi) is 4.98. The number of nitrogens with two attached hydrogens (primary N) is 1. The summed E-state index contributed by atoms with van der Waals surface area (Å²) in [6.45, 7) is 7.54. The maximum atomic E-state index is 5.85. The van der Waals surface area contributed by atoms with E-state index in [1.165, 1.54) is 6.33 Å². The molecule has 0 saturated carbocycles. The molecule has 0 aliphatic heterocycles. The van der Waals surface area contributed by atoms with Crippen molar-refractivity contribution in [3.05, 3.63) is 42.2 Å². The molecule has 2 N–H and O–H groups in total. The Morgan fingerprint density at radius 1 is 1.24 bits per heavy atom. The molecule has 2 rings (SSSR count). The van der Waals surface area contributed by atoms with Crippen molar-refractivity contribution in [1.82, 2.24) is 9.97 Å².